The highest BCUT2D eigenvalue weighted by Gasteiger charge is 2.47. The van der Waals surface area contributed by atoms with Gasteiger partial charge in [-0.3, -0.25) is 14.5 Å². The molecule has 1 unspecified atom stereocenters. The first-order chi connectivity index (χ1) is 15.3. The first-order valence-corrected chi connectivity index (χ1v) is 11.5. The number of hydrogen-bond donors (Lipinski definition) is 1. The number of ketones is 1. The summed E-state index contributed by atoms with van der Waals surface area (Å²) in [7, 11) is 0. The Hall–Kier alpha value is -2.80. The smallest absolute Gasteiger partial charge is 0.300 e. The lowest BCUT2D eigenvalue weighted by atomic mass is 9.99. The number of carbonyl (C=O) groups is 2. The molecule has 1 aromatic heterocycles. The zero-order chi connectivity index (χ0) is 23.0. The number of carbonyl (C=O) groups excluding carboxylic acids is 2. The summed E-state index contributed by atoms with van der Waals surface area (Å²) < 4.78 is 5.52. The monoisotopic (exact) mass is 487 g/mol. The lowest BCUT2D eigenvalue weighted by Gasteiger charge is -2.26. The second-order valence-corrected chi connectivity index (χ2v) is 8.94. The van der Waals surface area contributed by atoms with E-state index in [4.69, 9.17) is 27.9 Å². The molecule has 0 bridgehead atoms. The van der Waals surface area contributed by atoms with Crippen molar-refractivity contribution in [1.82, 2.24) is 0 Å². The molecule has 5 nitrogen and oxygen atoms in total. The molecule has 0 saturated carbocycles. The van der Waals surface area contributed by atoms with E-state index in [0.717, 1.165) is 4.88 Å². The number of halogens is 2. The number of hydrogen-bond acceptors (Lipinski definition) is 5. The maximum atomic E-state index is 13.2. The fourth-order valence-corrected chi connectivity index (χ4v) is 4.89. The predicted molar refractivity (Wildman–Crippen MR) is 128 cm³/mol. The summed E-state index contributed by atoms with van der Waals surface area (Å²) in [6, 6.07) is 12.8. The van der Waals surface area contributed by atoms with Gasteiger partial charge in [-0.05, 0) is 61.2 Å². The van der Waals surface area contributed by atoms with Gasteiger partial charge in [-0.2, -0.15) is 0 Å². The summed E-state index contributed by atoms with van der Waals surface area (Å²) >= 11 is 13.9. The third kappa shape index (κ3) is 3.79. The predicted octanol–water partition coefficient (Wildman–Crippen LogP) is 6.39. The van der Waals surface area contributed by atoms with Crippen molar-refractivity contribution in [3.8, 4) is 5.75 Å². The van der Waals surface area contributed by atoms with Crippen LogP contribution in [0, 0.1) is 6.92 Å². The lowest BCUT2D eigenvalue weighted by Crippen LogP contribution is -2.29. The van der Waals surface area contributed by atoms with Crippen LogP contribution in [0.15, 0.2) is 59.5 Å². The van der Waals surface area contributed by atoms with E-state index in [-0.39, 0.29) is 11.3 Å². The molecule has 1 aliphatic rings. The zero-order valence-corrected chi connectivity index (χ0v) is 19.6. The molecule has 2 heterocycles. The fourth-order valence-electron chi connectivity index (χ4n) is 3.73. The number of thiophene rings is 1. The molecule has 8 heteroatoms. The van der Waals surface area contributed by atoms with Gasteiger partial charge in [0.15, 0.2) is 0 Å². The number of benzene rings is 2. The number of anilines is 1. The number of amides is 1. The summed E-state index contributed by atoms with van der Waals surface area (Å²) in [6.07, 6.45) is 0. The van der Waals surface area contributed by atoms with Gasteiger partial charge in [0, 0.05) is 21.2 Å². The van der Waals surface area contributed by atoms with Gasteiger partial charge in [0.05, 0.1) is 17.2 Å². The van der Waals surface area contributed by atoms with E-state index in [1.54, 1.807) is 43.3 Å². The molecule has 1 fully saturated rings. The number of ether oxygens (including phenoxy) is 1. The summed E-state index contributed by atoms with van der Waals surface area (Å²) in [5, 5.41) is 13.9. The Kier molecular flexibility index (Phi) is 6.29. The Balaban J connectivity index is 1.93. The summed E-state index contributed by atoms with van der Waals surface area (Å²) in [5.41, 5.74) is 1.52. The van der Waals surface area contributed by atoms with Gasteiger partial charge in [0.25, 0.3) is 11.7 Å². The Morgan fingerprint density at radius 1 is 1.12 bits per heavy atom. The van der Waals surface area contributed by atoms with Gasteiger partial charge in [-0.25, -0.2) is 0 Å². The minimum absolute atomic E-state index is 0.00148. The molecule has 1 aliphatic heterocycles. The average molecular weight is 488 g/mol. The molecular formula is C24H19Cl2NO4S. The van der Waals surface area contributed by atoms with E-state index in [0.29, 0.717) is 39.2 Å². The van der Waals surface area contributed by atoms with E-state index < -0.39 is 17.7 Å². The van der Waals surface area contributed by atoms with Gasteiger partial charge in [0.1, 0.15) is 17.6 Å². The van der Waals surface area contributed by atoms with Crippen LogP contribution in [0.2, 0.25) is 10.0 Å². The van der Waals surface area contributed by atoms with Crippen molar-refractivity contribution in [2.75, 3.05) is 11.5 Å². The summed E-state index contributed by atoms with van der Waals surface area (Å²) in [6.45, 7) is 3.99. The van der Waals surface area contributed by atoms with E-state index in [1.165, 1.54) is 16.2 Å². The van der Waals surface area contributed by atoms with Crippen molar-refractivity contribution in [2.24, 2.45) is 0 Å². The minimum atomic E-state index is -0.793. The molecule has 1 N–H and O–H groups in total. The first kappa shape index (κ1) is 22.4. The fraction of sp³-hybridized carbons (Fsp3) is 0.167. The molecule has 0 spiro atoms. The highest BCUT2D eigenvalue weighted by atomic mass is 35.5. The quantitative estimate of drug-likeness (QED) is 0.257. The molecule has 1 saturated heterocycles. The standard InChI is InChI=1S/C24H19Cl2NO4S/c1-3-31-18-12-14(9-10-16(18)26)22(28)20-21(19-8-5-11-32-19)27(24(30)23(20)29)17-7-4-6-15(25)13(17)2/h4-12,21,28H,3H2,1-2H3/b22-20-. The van der Waals surface area contributed by atoms with Crippen LogP contribution in [0.4, 0.5) is 5.69 Å². The molecule has 164 valence electrons. The van der Waals surface area contributed by atoms with E-state index in [1.807, 2.05) is 24.4 Å². The molecule has 4 rings (SSSR count). The maximum absolute atomic E-state index is 13.2. The van der Waals surface area contributed by atoms with Crippen LogP contribution < -0.4 is 9.64 Å². The van der Waals surface area contributed by atoms with Crippen LogP contribution in [0.25, 0.3) is 5.76 Å². The second kappa shape index (κ2) is 8.98. The average Bonchev–Trinajstić information content (AvgIpc) is 3.39. The molecule has 0 radical (unpaired) electrons. The van der Waals surface area contributed by atoms with E-state index >= 15 is 0 Å². The second-order valence-electron chi connectivity index (χ2n) is 7.15. The van der Waals surface area contributed by atoms with Gasteiger partial charge < -0.3 is 9.84 Å². The highest BCUT2D eigenvalue weighted by Crippen LogP contribution is 2.45. The topological polar surface area (TPSA) is 66.8 Å². The number of aliphatic hydroxyl groups is 1. The minimum Gasteiger partial charge on any atom is -0.507 e. The molecule has 32 heavy (non-hydrogen) atoms. The molecule has 1 atom stereocenters. The van der Waals surface area contributed by atoms with Crippen LogP contribution >= 0.6 is 34.5 Å². The zero-order valence-electron chi connectivity index (χ0n) is 17.3. The third-order valence-corrected chi connectivity index (χ3v) is 6.91. The maximum Gasteiger partial charge on any atom is 0.300 e. The first-order valence-electron chi connectivity index (χ1n) is 9.87. The van der Waals surface area contributed by atoms with Crippen molar-refractivity contribution >= 4 is 57.7 Å². The van der Waals surface area contributed by atoms with Gasteiger partial charge >= 0.3 is 0 Å². The molecule has 1 amide bonds. The van der Waals surface area contributed by atoms with E-state index in [9.17, 15) is 14.7 Å². The number of nitrogens with zero attached hydrogens (tertiary/aromatic N) is 1. The third-order valence-electron chi connectivity index (χ3n) is 5.26. The summed E-state index contributed by atoms with van der Waals surface area (Å²) in [4.78, 5) is 28.5. The molecule has 2 aromatic carbocycles. The molecule has 3 aromatic rings. The molecule has 0 aliphatic carbocycles. The van der Waals surface area contributed by atoms with Crippen LogP contribution in [-0.4, -0.2) is 23.4 Å². The van der Waals surface area contributed by atoms with Gasteiger partial charge in [-0.1, -0.05) is 35.3 Å². The Morgan fingerprint density at radius 3 is 2.59 bits per heavy atom. The van der Waals surface area contributed by atoms with Gasteiger partial charge in [0.2, 0.25) is 0 Å². The Morgan fingerprint density at radius 2 is 1.91 bits per heavy atom. The van der Waals surface area contributed by atoms with E-state index in [2.05, 4.69) is 0 Å². The highest BCUT2D eigenvalue weighted by molar-refractivity contribution is 7.10. The van der Waals surface area contributed by atoms with Crippen molar-refractivity contribution < 1.29 is 19.4 Å². The van der Waals surface area contributed by atoms with Crippen molar-refractivity contribution in [1.29, 1.82) is 0 Å². The van der Waals surface area contributed by atoms with Crippen LogP contribution in [0.3, 0.4) is 0 Å². The normalized spacial score (nSPS) is 17.8. The number of aliphatic hydroxyl groups excluding tert-OH is 1. The lowest BCUT2D eigenvalue weighted by molar-refractivity contribution is -0.132. The number of Topliss-reactive ketones (excluding diaryl/α,β-unsaturated/α-hetero) is 1. The molecular weight excluding hydrogens is 469 g/mol. The van der Waals surface area contributed by atoms with Crippen LogP contribution in [0.5, 0.6) is 5.75 Å². The van der Waals surface area contributed by atoms with Gasteiger partial charge in [-0.15, -0.1) is 11.3 Å². The Labute approximate surface area is 199 Å². The van der Waals surface area contributed by atoms with Crippen LogP contribution in [0.1, 0.15) is 29.0 Å². The van der Waals surface area contributed by atoms with Crippen LogP contribution in [-0.2, 0) is 9.59 Å². The SMILES string of the molecule is CCOc1cc(/C(O)=C2/C(=O)C(=O)N(c3cccc(Cl)c3C)C2c2cccs2)ccc1Cl. The largest absolute Gasteiger partial charge is 0.507 e. The number of rotatable bonds is 5. The van der Waals surface area contributed by atoms with Crippen molar-refractivity contribution in [2.45, 2.75) is 19.9 Å². The Bertz CT molecular complexity index is 1240. The van der Waals surface area contributed by atoms with Crippen molar-refractivity contribution in [3.05, 3.63) is 85.5 Å². The summed E-state index contributed by atoms with van der Waals surface area (Å²) in [5.74, 6) is -1.41. The van der Waals surface area contributed by atoms with Crippen molar-refractivity contribution in [3.63, 3.8) is 0 Å².